The lowest BCUT2D eigenvalue weighted by atomic mass is 10.0. The number of carbonyl (C=O) groups excluding carboxylic acids is 3. The predicted octanol–water partition coefficient (Wildman–Crippen LogP) is 3.58. The maximum absolute atomic E-state index is 13.4. The summed E-state index contributed by atoms with van der Waals surface area (Å²) in [5.41, 5.74) is 2.47. The number of anilines is 1. The van der Waals surface area contributed by atoms with Crippen LogP contribution in [0.2, 0.25) is 0 Å². The second-order valence-electron chi connectivity index (χ2n) is 7.96. The topological polar surface area (TPSA) is 81.5 Å². The molecule has 1 aliphatic carbocycles. The summed E-state index contributed by atoms with van der Waals surface area (Å²) in [5, 5.41) is 8.98. The summed E-state index contributed by atoms with van der Waals surface area (Å²) >= 11 is 0. The number of amides is 3. The monoisotopic (exact) mass is 401 g/mol. The zero-order chi connectivity index (χ0) is 21.3. The van der Waals surface area contributed by atoms with Gasteiger partial charge >= 0.3 is 0 Å². The summed E-state index contributed by atoms with van der Waals surface area (Å²) in [6, 6.07) is 14.8. The third-order valence-electron chi connectivity index (χ3n) is 5.96. The van der Waals surface area contributed by atoms with E-state index in [-0.39, 0.29) is 30.2 Å². The molecule has 0 radical (unpaired) electrons. The number of hydrogen-bond donors (Lipinski definition) is 0. The highest BCUT2D eigenvalue weighted by molar-refractivity contribution is 6.23. The van der Waals surface area contributed by atoms with E-state index in [1.54, 1.807) is 41.3 Å². The standard InChI is InChI=1S/C24H23N3O3/c1-16-6-10-18(11-7-16)23(29)26(19-4-2-3-5-19)21-14-22(28)27(24(21)30)20-12-8-17(15-25)9-13-20/h6-13,19,21H,2-5,14H2,1H3. The molecular weight excluding hydrogens is 378 g/mol. The Kier molecular flexibility index (Phi) is 5.37. The normalized spacial score (nSPS) is 19.2. The van der Waals surface area contributed by atoms with Gasteiger partial charge in [0.05, 0.1) is 23.7 Å². The van der Waals surface area contributed by atoms with Crippen molar-refractivity contribution in [2.45, 2.75) is 51.1 Å². The molecule has 0 aromatic heterocycles. The molecule has 2 aromatic carbocycles. The van der Waals surface area contributed by atoms with Gasteiger partial charge in [0.25, 0.3) is 11.8 Å². The number of carbonyl (C=O) groups is 3. The second-order valence-corrected chi connectivity index (χ2v) is 7.96. The van der Waals surface area contributed by atoms with Gasteiger partial charge in [-0.2, -0.15) is 5.26 Å². The van der Waals surface area contributed by atoms with Gasteiger partial charge in [-0.15, -0.1) is 0 Å². The van der Waals surface area contributed by atoms with E-state index < -0.39 is 6.04 Å². The highest BCUT2D eigenvalue weighted by Crippen LogP contribution is 2.32. The Bertz CT molecular complexity index is 1020. The van der Waals surface area contributed by atoms with Crippen molar-refractivity contribution in [2.24, 2.45) is 0 Å². The van der Waals surface area contributed by atoms with Crippen LogP contribution in [0.3, 0.4) is 0 Å². The average molecular weight is 401 g/mol. The SMILES string of the molecule is Cc1ccc(C(=O)N(C2CCCC2)C2CC(=O)N(c3ccc(C#N)cc3)C2=O)cc1. The highest BCUT2D eigenvalue weighted by atomic mass is 16.2. The molecule has 0 N–H and O–H groups in total. The maximum atomic E-state index is 13.4. The van der Waals surface area contributed by atoms with Crippen LogP contribution in [0.1, 0.15) is 53.6 Å². The van der Waals surface area contributed by atoms with E-state index >= 15 is 0 Å². The third kappa shape index (κ3) is 3.59. The first kappa shape index (κ1) is 19.8. The Labute approximate surface area is 175 Å². The maximum Gasteiger partial charge on any atom is 0.257 e. The number of benzene rings is 2. The molecule has 4 rings (SSSR count). The van der Waals surface area contributed by atoms with Crippen molar-refractivity contribution in [3.05, 3.63) is 65.2 Å². The van der Waals surface area contributed by atoms with Crippen LogP contribution in [0, 0.1) is 18.3 Å². The predicted molar refractivity (Wildman–Crippen MR) is 112 cm³/mol. The first-order valence-corrected chi connectivity index (χ1v) is 10.3. The number of aryl methyl sites for hydroxylation is 1. The molecule has 1 saturated heterocycles. The highest BCUT2D eigenvalue weighted by Gasteiger charge is 2.47. The molecule has 1 atom stereocenters. The zero-order valence-corrected chi connectivity index (χ0v) is 16.9. The van der Waals surface area contributed by atoms with Crippen LogP contribution >= 0.6 is 0 Å². The fourth-order valence-electron chi connectivity index (χ4n) is 4.38. The summed E-state index contributed by atoms with van der Waals surface area (Å²) in [6.07, 6.45) is 3.68. The molecule has 2 fully saturated rings. The van der Waals surface area contributed by atoms with Crippen molar-refractivity contribution in [1.29, 1.82) is 5.26 Å². The number of nitriles is 1. The van der Waals surface area contributed by atoms with Gasteiger partial charge in [0, 0.05) is 11.6 Å². The number of hydrogen-bond acceptors (Lipinski definition) is 4. The van der Waals surface area contributed by atoms with E-state index in [1.165, 1.54) is 0 Å². The minimum absolute atomic E-state index is 0.0209. The first-order chi connectivity index (χ1) is 14.5. The molecule has 0 spiro atoms. The van der Waals surface area contributed by atoms with Crippen LogP contribution < -0.4 is 4.90 Å². The lowest BCUT2D eigenvalue weighted by Crippen LogP contribution is -2.50. The van der Waals surface area contributed by atoms with E-state index in [2.05, 4.69) is 0 Å². The van der Waals surface area contributed by atoms with Gasteiger partial charge in [-0.1, -0.05) is 30.5 Å². The minimum atomic E-state index is -0.801. The number of rotatable bonds is 4. The first-order valence-electron chi connectivity index (χ1n) is 10.3. The van der Waals surface area contributed by atoms with Crippen LogP contribution in [-0.4, -0.2) is 34.7 Å². The summed E-state index contributed by atoms with van der Waals surface area (Å²) in [6.45, 7) is 1.96. The van der Waals surface area contributed by atoms with Crippen molar-refractivity contribution in [3.8, 4) is 6.07 Å². The molecular formula is C24H23N3O3. The Morgan fingerprint density at radius 3 is 2.27 bits per heavy atom. The van der Waals surface area contributed by atoms with Crippen LogP contribution in [-0.2, 0) is 9.59 Å². The Balaban J connectivity index is 1.66. The van der Waals surface area contributed by atoms with Crippen molar-refractivity contribution in [2.75, 3.05) is 4.90 Å². The molecule has 3 amide bonds. The fraction of sp³-hybridized carbons (Fsp3) is 0.333. The molecule has 2 aromatic rings. The van der Waals surface area contributed by atoms with Gasteiger partial charge in [-0.3, -0.25) is 14.4 Å². The third-order valence-corrected chi connectivity index (χ3v) is 5.96. The molecule has 30 heavy (non-hydrogen) atoms. The van der Waals surface area contributed by atoms with Gasteiger partial charge in [-0.25, -0.2) is 4.90 Å². The lowest BCUT2D eigenvalue weighted by molar-refractivity contribution is -0.123. The smallest absolute Gasteiger partial charge is 0.257 e. The van der Waals surface area contributed by atoms with Gasteiger partial charge in [-0.05, 0) is 56.2 Å². The largest absolute Gasteiger partial charge is 0.323 e. The van der Waals surface area contributed by atoms with Gasteiger partial charge in [0.1, 0.15) is 6.04 Å². The molecule has 6 heteroatoms. The summed E-state index contributed by atoms with van der Waals surface area (Å²) in [4.78, 5) is 42.3. The van der Waals surface area contributed by atoms with E-state index in [9.17, 15) is 14.4 Å². The summed E-state index contributed by atoms with van der Waals surface area (Å²) in [5.74, 6) is -0.902. The molecule has 6 nitrogen and oxygen atoms in total. The number of nitrogens with zero attached hydrogens (tertiary/aromatic N) is 3. The van der Waals surface area contributed by atoms with Crippen molar-refractivity contribution in [3.63, 3.8) is 0 Å². The lowest BCUT2D eigenvalue weighted by Gasteiger charge is -2.33. The molecule has 1 heterocycles. The van der Waals surface area contributed by atoms with Gasteiger partial charge in [0.2, 0.25) is 5.91 Å². The van der Waals surface area contributed by atoms with Crippen LogP contribution in [0.15, 0.2) is 48.5 Å². The van der Waals surface area contributed by atoms with Crippen molar-refractivity contribution in [1.82, 2.24) is 4.90 Å². The van der Waals surface area contributed by atoms with Gasteiger partial charge < -0.3 is 4.90 Å². The Morgan fingerprint density at radius 1 is 1.03 bits per heavy atom. The molecule has 1 saturated carbocycles. The van der Waals surface area contributed by atoms with Gasteiger partial charge in [0.15, 0.2) is 0 Å². The van der Waals surface area contributed by atoms with E-state index in [0.29, 0.717) is 16.8 Å². The van der Waals surface area contributed by atoms with E-state index in [1.807, 2.05) is 25.1 Å². The molecule has 1 unspecified atom stereocenters. The van der Waals surface area contributed by atoms with Crippen molar-refractivity contribution >= 4 is 23.4 Å². The quantitative estimate of drug-likeness (QED) is 0.733. The Hall–Kier alpha value is -3.46. The molecule has 1 aliphatic heterocycles. The zero-order valence-electron chi connectivity index (χ0n) is 16.9. The number of imide groups is 1. The van der Waals surface area contributed by atoms with Crippen LogP contribution in [0.5, 0.6) is 0 Å². The average Bonchev–Trinajstić information content (AvgIpc) is 3.38. The van der Waals surface area contributed by atoms with E-state index in [0.717, 1.165) is 36.1 Å². The van der Waals surface area contributed by atoms with Crippen molar-refractivity contribution < 1.29 is 14.4 Å². The second kappa shape index (κ2) is 8.11. The Morgan fingerprint density at radius 2 is 1.67 bits per heavy atom. The fourth-order valence-corrected chi connectivity index (χ4v) is 4.38. The van der Waals surface area contributed by atoms with Crippen LogP contribution in [0.4, 0.5) is 5.69 Å². The molecule has 2 aliphatic rings. The minimum Gasteiger partial charge on any atom is -0.323 e. The molecule has 0 bridgehead atoms. The molecule has 152 valence electrons. The summed E-state index contributed by atoms with van der Waals surface area (Å²) < 4.78 is 0. The van der Waals surface area contributed by atoms with Crippen LogP contribution in [0.25, 0.3) is 0 Å². The van der Waals surface area contributed by atoms with E-state index in [4.69, 9.17) is 5.26 Å². The summed E-state index contributed by atoms with van der Waals surface area (Å²) in [7, 11) is 0.